The highest BCUT2D eigenvalue weighted by Gasteiger charge is 2.44. The Balaban J connectivity index is 2.11. The first-order valence-electron chi connectivity index (χ1n) is 7.41. The van der Waals surface area contributed by atoms with Crippen LogP contribution in [0.15, 0.2) is 11.1 Å². The Labute approximate surface area is 130 Å². The van der Waals surface area contributed by atoms with E-state index in [1.807, 2.05) is 0 Å². The SMILES string of the molecule is CC(C)(C)C1CCc2nc3c(cc2C1)C(=N)C(C#N)S3(=O)=O. The minimum absolute atomic E-state index is 0.0722. The zero-order valence-electron chi connectivity index (χ0n) is 13.0. The molecular formula is C16H19N3O2S. The molecule has 1 aromatic rings. The van der Waals surface area contributed by atoms with Crippen LogP contribution >= 0.6 is 0 Å². The number of fused-ring (bicyclic) bond motifs is 2. The maximum absolute atomic E-state index is 12.3. The summed E-state index contributed by atoms with van der Waals surface area (Å²) < 4.78 is 24.6. The lowest BCUT2D eigenvalue weighted by Crippen LogP contribution is -2.27. The molecule has 6 heteroatoms. The van der Waals surface area contributed by atoms with E-state index in [4.69, 9.17) is 10.7 Å². The van der Waals surface area contributed by atoms with Gasteiger partial charge in [-0.2, -0.15) is 5.26 Å². The monoisotopic (exact) mass is 317 g/mol. The van der Waals surface area contributed by atoms with Gasteiger partial charge in [-0.25, -0.2) is 13.4 Å². The molecule has 116 valence electrons. The Kier molecular flexibility index (Phi) is 3.19. The molecule has 22 heavy (non-hydrogen) atoms. The molecule has 3 rings (SSSR count). The van der Waals surface area contributed by atoms with Gasteiger partial charge in [0.25, 0.3) is 0 Å². The average molecular weight is 317 g/mol. The second-order valence-electron chi connectivity index (χ2n) is 7.22. The van der Waals surface area contributed by atoms with Gasteiger partial charge in [0, 0.05) is 11.3 Å². The van der Waals surface area contributed by atoms with Crippen molar-refractivity contribution in [3.05, 3.63) is 22.9 Å². The Morgan fingerprint density at radius 1 is 1.41 bits per heavy atom. The molecule has 0 radical (unpaired) electrons. The third-order valence-electron chi connectivity index (χ3n) is 4.83. The quantitative estimate of drug-likeness (QED) is 0.794. The molecule has 5 nitrogen and oxygen atoms in total. The fourth-order valence-corrected chi connectivity index (χ4v) is 4.85. The molecule has 2 heterocycles. The molecule has 0 fully saturated rings. The molecule has 0 saturated carbocycles. The lowest BCUT2D eigenvalue weighted by atomic mass is 9.71. The van der Waals surface area contributed by atoms with E-state index in [1.165, 1.54) is 0 Å². The van der Waals surface area contributed by atoms with Crippen molar-refractivity contribution in [2.75, 3.05) is 0 Å². The van der Waals surface area contributed by atoms with Crippen molar-refractivity contribution in [3.63, 3.8) is 0 Å². The third kappa shape index (κ3) is 2.07. The Morgan fingerprint density at radius 3 is 2.68 bits per heavy atom. The Hall–Kier alpha value is -1.74. The van der Waals surface area contributed by atoms with Crippen LogP contribution in [0.1, 0.15) is 44.0 Å². The molecule has 0 spiro atoms. The summed E-state index contributed by atoms with van der Waals surface area (Å²) in [7, 11) is -3.82. The number of aromatic nitrogens is 1. The molecule has 2 unspecified atom stereocenters. The minimum Gasteiger partial charge on any atom is -0.302 e. The maximum Gasteiger partial charge on any atom is 0.218 e. The highest BCUT2D eigenvalue weighted by atomic mass is 32.2. The van der Waals surface area contributed by atoms with Crippen LogP contribution in [0.5, 0.6) is 0 Å². The summed E-state index contributed by atoms with van der Waals surface area (Å²) in [6.45, 7) is 6.63. The predicted molar refractivity (Wildman–Crippen MR) is 82.6 cm³/mol. The number of rotatable bonds is 0. The Morgan fingerprint density at radius 2 is 2.09 bits per heavy atom. The van der Waals surface area contributed by atoms with Crippen molar-refractivity contribution in [1.82, 2.24) is 4.98 Å². The zero-order valence-corrected chi connectivity index (χ0v) is 13.8. The van der Waals surface area contributed by atoms with E-state index in [0.29, 0.717) is 11.5 Å². The van der Waals surface area contributed by atoms with Crippen LogP contribution in [0, 0.1) is 28.1 Å². The highest BCUT2D eigenvalue weighted by molar-refractivity contribution is 7.93. The van der Waals surface area contributed by atoms with E-state index in [9.17, 15) is 8.42 Å². The van der Waals surface area contributed by atoms with Crippen LogP contribution in [0.25, 0.3) is 0 Å². The summed E-state index contributed by atoms with van der Waals surface area (Å²) in [5.41, 5.74) is 2.22. The number of pyridine rings is 1. The van der Waals surface area contributed by atoms with Gasteiger partial charge in [-0.1, -0.05) is 20.8 Å². The number of hydrogen-bond acceptors (Lipinski definition) is 5. The normalized spacial score (nSPS) is 26.2. The number of nitrogens with one attached hydrogen (secondary N) is 1. The maximum atomic E-state index is 12.3. The molecular weight excluding hydrogens is 298 g/mol. The van der Waals surface area contributed by atoms with Gasteiger partial charge < -0.3 is 5.41 Å². The van der Waals surface area contributed by atoms with Crippen molar-refractivity contribution in [2.45, 2.75) is 50.3 Å². The summed E-state index contributed by atoms with van der Waals surface area (Å²) in [6.07, 6.45) is 2.59. The zero-order chi connectivity index (χ0) is 16.3. The van der Waals surface area contributed by atoms with Crippen molar-refractivity contribution >= 4 is 15.5 Å². The van der Waals surface area contributed by atoms with Crippen LogP contribution in [-0.4, -0.2) is 24.4 Å². The lowest BCUT2D eigenvalue weighted by molar-refractivity contribution is 0.214. The molecule has 0 amide bonds. The fourth-order valence-electron chi connectivity index (χ4n) is 3.34. The number of aryl methyl sites for hydroxylation is 1. The fraction of sp³-hybridized carbons (Fsp3) is 0.562. The molecule has 1 aliphatic heterocycles. The second kappa shape index (κ2) is 4.63. The smallest absolute Gasteiger partial charge is 0.218 e. The van der Waals surface area contributed by atoms with Gasteiger partial charge >= 0.3 is 0 Å². The number of sulfone groups is 1. The molecule has 1 aromatic heterocycles. The minimum atomic E-state index is -3.82. The van der Waals surface area contributed by atoms with E-state index in [0.717, 1.165) is 30.5 Å². The van der Waals surface area contributed by atoms with Crippen LogP contribution in [0.2, 0.25) is 0 Å². The molecule has 1 aliphatic carbocycles. The van der Waals surface area contributed by atoms with Gasteiger partial charge in [-0.3, -0.25) is 0 Å². The Bertz CT molecular complexity index is 813. The summed E-state index contributed by atoms with van der Waals surface area (Å²) in [5, 5.41) is 15.6. The van der Waals surface area contributed by atoms with Gasteiger partial charge in [0.1, 0.15) is 0 Å². The largest absolute Gasteiger partial charge is 0.302 e. The standard InChI is InChI=1S/C16H19N3O2S/c1-16(2,3)10-4-5-12-9(6-10)7-11-14(18)13(8-17)22(20,21)15(11)19-12/h7,10,13,18H,4-6H2,1-3H3. The van der Waals surface area contributed by atoms with Crippen LogP contribution < -0.4 is 0 Å². The van der Waals surface area contributed by atoms with Crippen LogP contribution in [0.3, 0.4) is 0 Å². The van der Waals surface area contributed by atoms with E-state index in [2.05, 4.69) is 25.8 Å². The summed E-state index contributed by atoms with van der Waals surface area (Å²) in [5.74, 6) is 0.513. The van der Waals surface area contributed by atoms with Crippen LogP contribution in [-0.2, 0) is 22.7 Å². The van der Waals surface area contributed by atoms with E-state index in [1.54, 1.807) is 12.1 Å². The first-order chi connectivity index (χ1) is 10.2. The summed E-state index contributed by atoms with van der Waals surface area (Å²) in [6, 6.07) is 3.51. The van der Waals surface area contributed by atoms with Gasteiger partial charge in [-0.05, 0) is 42.2 Å². The first-order valence-corrected chi connectivity index (χ1v) is 8.96. The van der Waals surface area contributed by atoms with Gasteiger partial charge in [0.2, 0.25) is 9.84 Å². The predicted octanol–water partition coefficient (Wildman–Crippen LogP) is 2.28. The summed E-state index contributed by atoms with van der Waals surface area (Å²) >= 11 is 0. The van der Waals surface area contributed by atoms with Crippen molar-refractivity contribution < 1.29 is 8.42 Å². The number of hydrogen-bond donors (Lipinski definition) is 1. The molecule has 0 aromatic carbocycles. The van der Waals surface area contributed by atoms with Crippen molar-refractivity contribution in [2.24, 2.45) is 11.3 Å². The third-order valence-corrected chi connectivity index (χ3v) is 6.64. The second-order valence-corrected chi connectivity index (χ2v) is 9.17. The van der Waals surface area contributed by atoms with Crippen molar-refractivity contribution in [1.29, 1.82) is 10.7 Å². The van der Waals surface area contributed by atoms with E-state index >= 15 is 0 Å². The van der Waals surface area contributed by atoms with Gasteiger partial charge in [-0.15, -0.1) is 0 Å². The lowest BCUT2D eigenvalue weighted by Gasteiger charge is -2.34. The number of nitrogens with zero attached hydrogens (tertiary/aromatic N) is 2. The molecule has 0 bridgehead atoms. The van der Waals surface area contributed by atoms with Crippen molar-refractivity contribution in [3.8, 4) is 6.07 Å². The van der Waals surface area contributed by atoms with E-state index < -0.39 is 15.1 Å². The number of nitriles is 1. The first kappa shape index (κ1) is 15.2. The topological polar surface area (TPSA) is 94.7 Å². The summed E-state index contributed by atoms with van der Waals surface area (Å²) in [4.78, 5) is 4.33. The molecule has 0 saturated heterocycles. The molecule has 2 aliphatic rings. The molecule has 1 N–H and O–H groups in total. The van der Waals surface area contributed by atoms with Crippen LogP contribution in [0.4, 0.5) is 0 Å². The van der Waals surface area contributed by atoms with E-state index in [-0.39, 0.29) is 16.2 Å². The highest BCUT2D eigenvalue weighted by Crippen LogP contribution is 2.39. The average Bonchev–Trinajstić information content (AvgIpc) is 2.62. The van der Waals surface area contributed by atoms with Gasteiger partial charge in [0.15, 0.2) is 10.3 Å². The molecule has 2 atom stereocenters. The van der Waals surface area contributed by atoms with Gasteiger partial charge in [0.05, 0.1) is 11.8 Å².